The zero-order chi connectivity index (χ0) is 13.8. The average Bonchev–Trinajstić information content (AvgIpc) is 2.46. The van der Waals surface area contributed by atoms with Gasteiger partial charge in [0.25, 0.3) is 5.91 Å². The highest BCUT2D eigenvalue weighted by molar-refractivity contribution is 5.97. The Morgan fingerprint density at radius 1 is 1.32 bits per heavy atom. The number of piperidine rings is 1. The van der Waals surface area contributed by atoms with Crippen molar-refractivity contribution >= 4 is 11.6 Å². The molecule has 2 rings (SSSR count). The molecule has 1 N–H and O–H groups in total. The Bertz CT molecular complexity index is 453. The molecule has 1 fully saturated rings. The van der Waals surface area contributed by atoms with Gasteiger partial charge in [0.1, 0.15) is 5.82 Å². The highest BCUT2D eigenvalue weighted by atomic mass is 16.2. The van der Waals surface area contributed by atoms with Gasteiger partial charge in [-0.3, -0.25) is 4.79 Å². The Morgan fingerprint density at radius 2 is 2.00 bits per heavy atom. The molecule has 0 aromatic carbocycles. The zero-order valence-corrected chi connectivity index (χ0v) is 11.9. The molecule has 0 atom stereocenters. The second-order valence-electron chi connectivity index (χ2n) is 5.25. The number of rotatable bonds is 3. The lowest BCUT2D eigenvalue weighted by molar-refractivity contribution is 0.0719. The Kier molecular flexibility index (Phi) is 4.35. The predicted octanol–water partition coefficient (Wildman–Crippen LogP) is 2.27. The molecular weight excluding hydrogens is 240 g/mol. The minimum absolute atomic E-state index is 0.0216. The van der Waals surface area contributed by atoms with Gasteiger partial charge in [-0.15, -0.1) is 0 Å². The van der Waals surface area contributed by atoms with Crippen molar-refractivity contribution in [2.75, 3.05) is 25.5 Å². The second-order valence-corrected chi connectivity index (χ2v) is 5.25. The van der Waals surface area contributed by atoms with E-state index in [4.69, 9.17) is 0 Å². The van der Waals surface area contributed by atoms with Crippen molar-refractivity contribution in [1.82, 2.24) is 14.9 Å². The molecule has 0 unspecified atom stereocenters. The van der Waals surface area contributed by atoms with Gasteiger partial charge in [-0.1, -0.05) is 13.8 Å². The molecule has 0 bridgehead atoms. The lowest BCUT2D eigenvalue weighted by Gasteiger charge is -2.27. The lowest BCUT2D eigenvalue weighted by Crippen LogP contribution is -2.36. The summed E-state index contributed by atoms with van der Waals surface area (Å²) in [6.45, 7) is 5.74. The van der Waals surface area contributed by atoms with Crippen LogP contribution in [0.5, 0.6) is 0 Å². The third kappa shape index (κ3) is 3.03. The van der Waals surface area contributed by atoms with Crippen molar-refractivity contribution in [3.63, 3.8) is 0 Å². The summed E-state index contributed by atoms with van der Waals surface area (Å²) in [5.74, 6) is 0.964. The normalized spacial score (nSPS) is 15.7. The van der Waals surface area contributed by atoms with E-state index in [9.17, 15) is 4.79 Å². The quantitative estimate of drug-likeness (QED) is 0.908. The number of hydrogen-bond acceptors (Lipinski definition) is 4. The summed E-state index contributed by atoms with van der Waals surface area (Å²) in [5.41, 5.74) is 1.21. The molecule has 1 aliphatic heterocycles. The van der Waals surface area contributed by atoms with Crippen LogP contribution in [-0.2, 0) is 0 Å². The van der Waals surface area contributed by atoms with Gasteiger partial charge in [-0.25, -0.2) is 9.97 Å². The number of carbonyl (C=O) groups is 1. The maximum atomic E-state index is 12.5. The average molecular weight is 262 g/mol. The van der Waals surface area contributed by atoms with E-state index in [1.807, 2.05) is 18.7 Å². The summed E-state index contributed by atoms with van der Waals surface area (Å²) in [7, 11) is 1.79. The molecule has 19 heavy (non-hydrogen) atoms. The Morgan fingerprint density at radius 3 is 2.58 bits per heavy atom. The van der Waals surface area contributed by atoms with Gasteiger partial charge in [0, 0.05) is 26.1 Å². The number of nitrogens with one attached hydrogen (secondary N) is 1. The van der Waals surface area contributed by atoms with Gasteiger partial charge in [0.15, 0.2) is 5.69 Å². The van der Waals surface area contributed by atoms with E-state index < -0.39 is 0 Å². The van der Waals surface area contributed by atoms with E-state index >= 15 is 0 Å². The van der Waals surface area contributed by atoms with Gasteiger partial charge in [0.2, 0.25) is 0 Å². The van der Waals surface area contributed by atoms with E-state index in [1.54, 1.807) is 13.2 Å². The van der Waals surface area contributed by atoms with Crippen molar-refractivity contribution < 1.29 is 4.79 Å². The van der Waals surface area contributed by atoms with Crippen molar-refractivity contribution in [3.8, 4) is 0 Å². The first-order valence-corrected chi connectivity index (χ1v) is 6.97. The molecule has 1 aliphatic rings. The fourth-order valence-electron chi connectivity index (χ4n) is 2.27. The Hall–Kier alpha value is -1.65. The van der Waals surface area contributed by atoms with Crippen molar-refractivity contribution in [3.05, 3.63) is 17.7 Å². The number of carbonyl (C=O) groups excluding carboxylic acids is 1. The van der Waals surface area contributed by atoms with E-state index in [0.29, 0.717) is 11.4 Å². The fraction of sp³-hybridized carbons (Fsp3) is 0.643. The molecule has 0 saturated carbocycles. The maximum absolute atomic E-state index is 12.5. The predicted molar refractivity (Wildman–Crippen MR) is 75.4 cm³/mol. The summed E-state index contributed by atoms with van der Waals surface area (Å²) in [6.07, 6.45) is 5.09. The Balaban J connectivity index is 2.29. The first kappa shape index (κ1) is 13.8. The van der Waals surface area contributed by atoms with Crippen LogP contribution in [0.15, 0.2) is 6.20 Å². The van der Waals surface area contributed by atoms with Crippen molar-refractivity contribution in [1.29, 1.82) is 0 Å². The fourth-order valence-corrected chi connectivity index (χ4v) is 2.27. The van der Waals surface area contributed by atoms with Gasteiger partial charge in [-0.2, -0.15) is 0 Å². The highest BCUT2D eigenvalue weighted by Crippen LogP contribution is 2.19. The molecule has 0 spiro atoms. The number of aromatic nitrogens is 2. The van der Waals surface area contributed by atoms with Gasteiger partial charge < -0.3 is 10.2 Å². The largest absolute Gasteiger partial charge is 0.385 e. The molecule has 1 aromatic rings. The van der Waals surface area contributed by atoms with Crippen LogP contribution in [0, 0.1) is 0 Å². The number of nitrogens with zero attached hydrogens (tertiary/aromatic N) is 3. The van der Waals surface area contributed by atoms with Crippen molar-refractivity contribution in [2.45, 2.75) is 39.0 Å². The first-order valence-electron chi connectivity index (χ1n) is 6.97. The van der Waals surface area contributed by atoms with Crippen LogP contribution in [0.25, 0.3) is 0 Å². The second kappa shape index (κ2) is 5.99. The van der Waals surface area contributed by atoms with Crippen molar-refractivity contribution in [2.24, 2.45) is 0 Å². The SMILES string of the molecule is CNc1cnc(C(C)C)nc1C(=O)N1CCCCC1. The molecule has 0 aliphatic carbocycles. The molecule has 1 aromatic heterocycles. The topological polar surface area (TPSA) is 58.1 Å². The number of hydrogen-bond donors (Lipinski definition) is 1. The third-order valence-electron chi connectivity index (χ3n) is 3.44. The molecular formula is C14H22N4O. The van der Waals surface area contributed by atoms with Crippen LogP contribution in [0.3, 0.4) is 0 Å². The molecule has 2 heterocycles. The standard InChI is InChI=1S/C14H22N4O/c1-10(2)13-16-9-11(15-3)12(17-13)14(19)18-7-5-4-6-8-18/h9-10,15H,4-8H2,1-3H3. The van der Waals surface area contributed by atoms with Crippen LogP contribution >= 0.6 is 0 Å². The molecule has 0 radical (unpaired) electrons. The summed E-state index contributed by atoms with van der Waals surface area (Å²) in [4.78, 5) is 23.2. The van der Waals surface area contributed by atoms with Crippen LogP contribution in [0.2, 0.25) is 0 Å². The molecule has 5 heteroatoms. The summed E-state index contributed by atoms with van der Waals surface area (Å²) >= 11 is 0. The smallest absolute Gasteiger partial charge is 0.274 e. The van der Waals surface area contributed by atoms with Gasteiger partial charge in [-0.05, 0) is 19.3 Å². The number of amides is 1. The molecule has 104 valence electrons. The summed E-state index contributed by atoms with van der Waals surface area (Å²) < 4.78 is 0. The van der Waals surface area contributed by atoms with Crippen LogP contribution in [0.1, 0.15) is 55.3 Å². The molecule has 1 amide bonds. The van der Waals surface area contributed by atoms with E-state index in [-0.39, 0.29) is 11.8 Å². The lowest BCUT2D eigenvalue weighted by atomic mass is 10.1. The minimum atomic E-state index is 0.0216. The number of anilines is 1. The van der Waals surface area contributed by atoms with Gasteiger partial charge in [0.05, 0.1) is 11.9 Å². The van der Waals surface area contributed by atoms with Gasteiger partial charge >= 0.3 is 0 Å². The highest BCUT2D eigenvalue weighted by Gasteiger charge is 2.23. The number of likely N-dealkylation sites (tertiary alicyclic amines) is 1. The van der Waals surface area contributed by atoms with Crippen LogP contribution in [-0.4, -0.2) is 40.9 Å². The maximum Gasteiger partial charge on any atom is 0.274 e. The van der Waals surface area contributed by atoms with Crippen LogP contribution < -0.4 is 5.32 Å². The zero-order valence-electron chi connectivity index (χ0n) is 11.9. The third-order valence-corrected chi connectivity index (χ3v) is 3.44. The van der Waals surface area contributed by atoms with E-state index in [2.05, 4.69) is 15.3 Å². The molecule has 5 nitrogen and oxygen atoms in total. The first-order chi connectivity index (χ1) is 9.13. The minimum Gasteiger partial charge on any atom is -0.385 e. The van der Waals surface area contributed by atoms with E-state index in [0.717, 1.165) is 31.8 Å². The molecule has 1 saturated heterocycles. The summed E-state index contributed by atoms with van der Waals surface area (Å²) in [6, 6.07) is 0. The summed E-state index contributed by atoms with van der Waals surface area (Å²) in [5, 5.41) is 3.01. The van der Waals surface area contributed by atoms with Crippen LogP contribution in [0.4, 0.5) is 5.69 Å². The monoisotopic (exact) mass is 262 g/mol. The Labute approximate surface area is 114 Å². The van der Waals surface area contributed by atoms with E-state index in [1.165, 1.54) is 6.42 Å².